The lowest BCUT2D eigenvalue weighted by molar-refractivity contribution is 0.0980. The third-order valence-electron chi connectivity index (χ3n) is 4.72. The SMILES string of the molecule is COc1ccc(OC)c2sc(N(CCCN(C)C)C(=O)c3ccn(C(C)C)n3)nc12. The molecule has 0 bridgehead atoms. The highest BCUT2D eigenvalue weighted by atomic mass is 32.1. The number of amides is 1. The number of aromatic nitrogens is 3. The first kappa shape index (κ1) is 22.0. The first-order chi connectivity index (χ1) is 14.3. The van der Waals surface area contributed by atoms with Gasteiger partial charge in [0.15, 0.2) is 10.8 Å². The van der Waals surface area contributed by atoms with Gasteiger partial charge in [-0.2, -0.15) is 5.10 Å². The van der Waals surface area contributed by atoms with Gasteiger partial charge in [-0.25, -0.2) is 4.98 Å². The van der Waals surface area contributed by atoms with Gasteiger partial charge in [0.05, 0.1) is 14.2 Å². The number of carbonyl (C=O) groups is 1. The maximum Gasteiger partial charge on any atom is 0.280 e. The summed E-state index contributed by atoms with van der Waals surface area (Å²) in [4.78, 5) is 21.9. The highest BCUT2D eigenvalue weighted by Crippen LogP contribution is 2.40. The summed E-state index contributed by atoms with van der Waals surface area (Å²) in [5, 5.41) is 5.07. The monoisotopic (exact) mass is 431 g/mol. The van der Waals surface area contributed by atoms with E-state index in [0.717, 1.165) is 17.7 Å². The second-order valence-electron chi connectivity index (χ2n) is 7.53. The number of thiazole rings is 1. The molecule has 0 fully saturated rings. The molecule has 162 valence electrons. The van der Waals surface area contributed by atoms with Crippen LogP contribution in [0.3, 0.4) is 0 Å². The van der Waals surface area contributed by atoms with Crippen LogP contribution in [0.2, 0.25) is 0 Å². The van der Waals surface area contributed by atoms with Gasteiger partial charge in [0, 0.05) is 18.8 Å². The second-order valence-corrected chi connectivity index (χ2v) is 8.51. The highest BCUT2D eigenvalue weighted by molar-refractivity contribution is 7.22. The zero-order valence-electron chi connectivity index (χ0n) is 18.4. The lowest BCUT2D eigenvalue weighted by Gasteiger charge is -2.20. The Morgan fingerprint density at radius 1 is 1.13 bits per heavy atom. The molecule has 0 saturated carbocycles. The molecule has 3 rings (SSSR count). The van der Waals surface area contributed by atoms with Crippen LogP contribution in [0.25, 0.3) is 10.2 Å². The Bertz CT molecular complexity index is 970. The Balaban J connectivity index is 2.01. The number of carbonyl (C=O) groups excluding carboxylic acids is 1. The van der Waals surface area contributed by atoms with E-state index in [-0.39, 0.29) is 11.9 Å². The van der Waals surface area contributed by atoms with Crippen molar-refractivity contribution >= 4 is 32.6 Å². The van der Waals surface area contributed by atoms with Gasteiger partial charge in [-0.3, -0.25) is 14.4 Å². The van der Waals surface area contributed by atoms with Crippen molar-refractivity contribution in [2.24, 2.45) is 0 Å². The fourth-order valence-corrected chi connectivity index (χ4v) is 4.20. The molecule has 1 amide bonds. The molecule has 0 unspecified atom stereocenters. The van der Waals surface area contributed by atoms with Crippen molar-refractivity contribution in [3.05, 3.63) is 30.1 Å². The zero-order chi connectivity index (χ0) is 21.8. The van der Waals surface area contributed by atoms with E-state index in [2.05, 4.69) is 10.00 Å². The highest BCUT2D eigenvalue weighted by Gasteiger charge is 2.25. The molecule has 0 spiro atoms. The van der Waals surface area contributed by atoms with Gasteiger partial charge >= 0.3 is 0 Å². The van der Waals surface area contributed by atoms with E-state index in [4.69, 9.17) is 14.5 Å². The summed E-state index contributed by atoms with van der Waals surface area (Å²) < 4.78 is 13.6. The van der Waals surface area contributed by atoms with E-state index in [1.54, 1.807) is 29.9 Å². The minimum Gasteiger partial charge on any atom is -0.495 e. The molecule has 0 aliphatic heterocycles. The van der Waals surface area contributed by atoms with Crippen LogP contribution in [0.1, 0.15) is 36.8 Å². The number of ether oxygens (including phenoxy) is 2. The third-order valence-corrected chi connectivity index (χ3v) is 5.81. The number of rotatable bonds is 9. The molecular formula is C21H29N5O3S. The molecule has 1 aromatic carbocycles. The fraction of sp³-hybridized carbons (Fsp3) is 0.476. The van der Waals surface area contributed by atoms with Crippen LogP contribution in [0.15, 0.2) is 24.4 Å². The van der Waals surface area contributed by atoms with E-state index < -0.39 is 0 Å². The molecule has 8 nitrogen and oxygen atoms in total. The summed E-state index contributed by atoms with van der Waals surface area (Å²) in [6.07, 6.45) is 2.65. The maximum atomic E-state index is 13.4. The summed E-state index contributed by atoms with van der Waals surface area (Å²) in [7, 11) is 7.27. The third kappa shape index (κ3) is 4.57. The van der Waals surface area contributed by atoms with Crippen molar-refractivity contribution in [1.29, 1.82) is 0 Å². The minimum absolute atomic E-state index is 0.162. The van der Waals surface area contributed by atoms with Crippen LogP contribution in [-0.4, -0.2) is 67.0 Å². The molecule has 0 atom stereocenters. The predicted octanol–water partition coefficient (Wildman–Crippen LogP) is 3.69. The Kier molecular flexibility index (Phi) is 6.94. The average molecular weight is 432 g/mol. The second kappa shape index (κ2) is 9.44. The summed E-state index contributed by atoms with van der Waals surface area (Å²) in [6, 6.07) is 5.62. The summed E-state index contributed by atoms with van der Waals surface area (Å²) in [5.74, 6) is 1.20. The van der Waals surface area contributed by atoms with Gasteiger partial charge in [0.1, 0.15) is 21.7 Å². The van der Waals surface area contributed by atoms with E-state index >= 15 is 0 Å². The molecule has 2 aromatic heterocycles. The standard InChI is InChI=1S/C21H29N5O3S/c1-14(2)26-13-10-15(23-26)20(27)25(12-7-11-24(3)4)21-22-18-16(28-5)8-9-17(29-6)19(18)30-21/h8-10,13-14H,7,11-12H2,1-6H3. The van der Waals surface area contributed by atoms with Crippen LogP contribution < -0.4 is 14.4 Å². The van der Waals surface area contributed by atoms with Crippen molar-refractivity contribution < 1.29 is 14.3 Å². The molecule has 9 heteroatoms. The number of methoxy groups -OCH3 is 2. The summed E-state index contributed by atoms with van der Waals surface area (Å²) in [5.41, 5.74) is 1.10. The molecule has 2 heterocycles. The van der Waals surface area contributed by atoms with Crippen LogP contribution in [0.4, 0.5) is 5.13 Å². The van der Waals surface area contributed by atoms with Crippen LogP contribution in [0.5, 0.6) is 11.5 Å². The molecule has 0 radical (unpaired) electrons. The van der Waals surface area contributed by atoms with Crippen LogP contribution in [-0.2, 0) is 0 Å². The first-order valence-corrected chi connectivity index (χ1v) is 10.7. The normalized spacial score (nSPS) is 11.5. The largest absolute Gasteiger partial charge is 0.495 e. The van der Waals surface area contributed by atoms with Gasteiger partial charge < -0.3 is 14.4 Å². The molecule has 0 aliphatic carbocycles. The average Bonchev–Trinajstić information content (AvgIpc) is 3.37. The predicted molar refractivity (Wildman–Crippen MR) is 120 cm³/mol. The zero-order valence-corrected chi connectivity index (χ0v) is 19.2. The molecule has 0 aliphatic rings. The molecule has 0 saturated heterocycles. The topological polar surface area (TPSA) is 72.7 Å². The number of benzene rings is 1. The Labute approximate surface area is 181 Å². The van der Waals surface area contributed by atoms with E-state index in [1.165, 1.54) is 11.3 Å². The van der Waals surface area contributed by atoms with E-state index in [1.807, 2.05) is 46.3 Å². The molecular weight excluding hydrogens is 402 g/mol. The smallest absolute Gasteiger partial charge is 0.280 e. The Hall–Kier alpha value is -2.65. The Morgan fingerprint density at radius 3 is 2.43 bits per heavy atom. The van der Waals surface area contributed by atoms with Gasteiger partial charge in [0.25, 0.3) is 5.91 Å². The van der Waals surface area contributed by atoms with Gasteiger partial charge in [-0.1, -0.05) is 11.3 Å². The van der Waals surface area contributed by atoms with E-state index in [9.17, 15) is 4.79 Å². The molecule has 0 N–H and O–H groups in total. The maximum absolute atomic E-state index is 13.4. The number of anilines is 1. The summed E-state index contributed by atoms with van der Waals surface area (Å²) in [6.45, 7) is 5.46. The quantitative estimate of drug-likeness (QED) is 0.515. The lowest BCUT2D eigenvalue weighted by atomic mass is 10.3. The summed E-state index contributed by atoms with van der Waals surface area (Å²) >= 11 is 1.42. The van der Waals surface area contributed by atoms with Crippen molar-refractivity contribution in [2.45, 2.75) is 26.3 Å². The number of nitrogens with zero attached hydrogens (tertiary/aromatic N) is 5. The van der Waals surface area contributed by atoms with Gasteiger partial charge in [-0.15, -0.1) is 0 Å². The van der Waals surface area contributed by atoms with Crippen molar-refractivity contribution in [3.63, 3.8) is 0 Å². The van der Waals surface area contributed by atoms with Gasteiger partial charge in [-0.05, 0) is 59.1 Å². The van der Waals surface area contributed by atoms with Crippen molar-refractivity contribution in [2.75, 3.05) is 46.3 Å². The molecule has 3 aromatic rings. The fourth-order valence-electron chi connectivity index (χ4n) is 3.10. The van der Waals surface area contributed by atoms with E-state index in [0.29, 0.717) is 34.4 Å². The Morgan fingerprint density at radius 2 is 1.83 bits per heavy atom. The van der Waals surface area contributed by atoms with Gasteiger partial charge in [0.2, 0.25) is 0 Å². The van der Waals surface area contributed by atoms with Crippen molar-refractivity contribution in [1.82, 2.24) is 19.7 Å². The first-order valence-electron chi connectivity index (χ1n) is 9.89. The number of hydrogen-bond acceptors (Lipinski definition) is 7. The number of fused-ring (bicyclic) bond motifs is 1. The lowest BCUT2D eigenvalue weighted by Crippen LogP contribution is -2.33. The number of hydrogen-bond donors (Lipinski definition) is 0. The van der Waals surface area contributed by atoms with Crippen LogP contribution >= 0.6 is 11.3 Å². The molecule has 30 heavy (non-hydrogen) atoms. The van der Waals surface area contributed by atoms with Crippen LogP contribution in [0, 0.1) is 0 Å². The minimum atomic E-state index is -0.162. The van der Waals surface area contributed by atoms with Crippen molar-refractivity contribution in [3.8, 4) is 11.5 Å².